The molecule has 3 heterocycles. The second-order valence-electron chi connectivity index (χ2n) is 8.51. The second kappa shape index (κ2) is 6.90. The molecule has 2 bridgehead atoms. The van der Waals surface area contributed by atoms with Crippen LogP contribution in [0.4, 0.5) is 19.3 Å². The molecule has 1 saturated heterocycles. The van der Waals surface area contributed by atoms with Gasteiger partial charge in [-0.05, 0) is 38.0 Å². The molecule has 2 aliphatic heterocycles. The average molecular weight is 427 g/mol. The Kier molecular flexibility index (Phi) is 4.39. The van der Waals surface area contributed by atoms with E-state index in [1.807, 2.05) is 25.6 Å². The summed E-state index contributed by atoms with van der Waals surface area (Å²) in [7, 11) is 1.92. The molecule has 0 saturated carbocycles. The van der Waals surface area contributed by atoms with Gasteiger partial charge in [0.05, 0.1) is 24.0 Å². The van der Waals surface area contributed by atoms with Gasteiger partial charge in [0.15, 0.2) is 11.6 Å². The number of benzene rings is 1. The van der Waals surface area contributed by atoms with Gasteiger partial charge in [0.25, 0.3) is 0 Å². The van der Waals surface area contributed by atoms with Gasteiger partial charge in [-0.2, -0.15) is 5.10 Å². The molecular formula is C22H23F2N5O2. The van der Waals surface area contributed by atoms with Crippen LogP contribution in [-0.2, 0) is 18.4 Å². The van der Waals surface area contributed by atoms with Gasteiger partial charge in [-0.25, -0.2) is 13.6 Å². The SMILES string of the molecule is Cc1nn(C)c(C)c1C1=C[C@@H]2C[C@H]1CN2C(=O)CN1Cc2c(ccc(F)c2F)NC1=O. The second-order valence-corrected chi connectivity index (χ2v) is 8.51. The zero-order valence-electron chi connectivity index (χ0n) is 17.6. The minimum Gasteiger partial charge on any atom is -0.334 e. The molecule has 0 spiro atoms. The number of amides is 3. The van der Waals surface area contributed by atoms with Gasteiger partial charge >= 0.3 is 6.03 Å². The van der Waals surface area contributed by atoms with Gasteiger partial charge in [0.1, 0.15) is 6.54 Å². The normalized spacial score (nSPS) is 22.0. The lowest BCUT2D eigenvalue weighted by atomic mass is 9.94. The maximum Gasteiger partial charge on any atom is 0.322 e. The Morgan fingerprint density at radius 1 is 1.29 bits per heavy atom. The van der Waals surface area contributed by atoms with E-state index in [4.69, 9.17) is 0 Å². The molecule has 5 rings (SSSR count). The lowest BCUT2D eigenvalue weighted by Crippen LogP contribution is -2.47. The van der Waals surface area contributed by atoms with Crippen LogP contribution in [0, 0.1) is 31.4 Å². The van der Waals surface area contributed by atoms with E-state index in [0.717, 1.165) is 29.4 Å². The Balaban J connectivity index is 1.32. The highest BCUT2D eigenvalue weighted by Crippen LogP contribution is 2.44. The monoisotopic (exact) mass is 427 g/mol. The van der Waals surface area contributed by atoms with Gasteiger partial charge in [0.2, 0.25) is 5.91 Å². The number of nitrogens with one attached hydrogen (secondary N) is 1. The molecular weight excluding hydrogens is 404 g/mol. The van der Waals surface area contributed by atoms with Crippen LogP contribution in [0.5, 0.6) is 0 Å². The number of fused-ring (bicyclic) bond motifs is 3. The van der Waals surface area contributed by atoms with Crippen LogP contribution in [-0.4, -0.2) is 50.6 Å². The first-order valence-electron chi connectivity index (χ1n) is 10.3. The zero-order valence-corrected chi connectivity index (χ0v) is 17.6. The van der Waals surface area contributed by atoms with Crippen LogP contribution in [0.25, 0.3) is 5.57 Å². The molecule has 1 aromatic carbocycles. The number of hydrogen-bond acceptors (Lipinski definition) is 3. The van der Waals surface area contributed by atoms with Gasteiger partial charge in [0, 0.05) is 36.3 Å². The van der Waals surface area contributed by atoms with Crippen molar-refractivity contribution in [2.24, 2.45) is 13.0 Å². The van der Waals surface area contributed by atoms with Crippen LogP contribution < -0.4 is 5.32 Å². The Labute approximate surface area is 178 Å². The fourth-order valence-electron chi connectivity index (χ4n) is 5.06. The van der Waals surface area contributed by atoms with E-state index >= 15 is 0 Å². The quantitative estimate of drug-likeness (QED) is 0.819. The number of carbonyl (C=O) groups is 2. The van der Waals surface area contributed by atoms with E-state index in [2.05, 4.69) is 16.5 Å². The Hall–Kier alpha value is -3.23. The van der Waals surface area contributed by atoms with Crippen LogP contribution >= 0.6 is 0 Å². The molecule has 2 aromatic rings. The summed E-state index contributed by atoms with van der Waals surface area (Å²) in [5.74, 6) is -1.93. The van der Waals surface area contributed by atoms with Crippen molar-refractivity contribution in [3.05, 3.63) is 52.4 Å². The summed E-state index contributed by atoms with van der Waals surface area (Å²) in [6, 6.07) is 1.79. The highest BCUT2D eigenvalue weighted by molar-refractivity contribution is 5.95. The van der Waals surface area contributed by atoms with Crippen LogP contribution in [0.1, 0.15) is 28.9 Å². The fraction of sp³-hybridized carbons (Fsp3) is 0.409. The van der Waals surface area contributed by atoms with Crippen molar-refractivity contribution in [3.8, 4) is 0 Å². The number of nitrogens with zero attached hydrogens (tertiary/aromatic N) is 4. The number of likely N-dealkylation sites (tertiary alicyclic amines) is 1. The van der Waals surface area contributed by atoms with E-state index in [1.165, 1.54) is 16.5 Å². The standard InChI is InChI=1S/C22H23F2N5O2/c1-11-20(12(2)27(3)26-11)15-7-14-6-13(15)8-29(14)19(30)10-28-9-16-18(25-22(28)31)5-4-17(23)21(16)24/h4-5,7,13-14H,6,8-10H2,1-3H3,(H,25,31)/t13-,14-/m0/s1. The largest absolute Gasteiger partial charge is 0.334 e. The summed E-state index contributed by atoms with van der Waals surface area (Å²) in [6.07, 6.45) is 2.98. The molecule has 1 aromatic heterocycles. The molecule has 1 N–H and O–H groups in total. The Morgan fingerprint density at radius 3 is 2.71 bits per heavy atom. The molecule has 162 valence electrons. The number of rotatable bonds is 3. The van der Waals surface area contributed by atoms with Crippen molar-refractivity contribution in [2.45, 2.75) is 32.9 Å². The Bertz CT molecular complexity index is 1160. The molecule has 31 heavy (non-hydrogen) atoms. The third kappa shape index (κ3) is 3.02. The number of aryl methyl sites for hydroxylation is 2. The predicted molar refractivity (Wildman–Crippen MR) is 110 cm³/mol. The van der Waals surface area contributed by atoms with Crippen LogP contribution in [0.2, 0.25) is 0 Å². The first-order valence-corrected chi connectivity index (χ1v) is 10.3. The number of halogens is 2. The molecule has 1 fully saturated rings. The molecule has 2 atom stereocenters. The zero-order chi connectivity index (χ0) is 22.0. The Morgan fingerprint density at radius 2 is 2.06 bits per heavy atom. The fourth-order valence-corrected chi connectivity index (χ4v) is 5.06. The van der Waals surface area contributed by atoms with E-state index in [9.17, 15) is 18.4 Å². The third-order valence-corrected chi connectivity index (χ3v) is 6.67. The maximum atomic E-state index is 14.2. The summed E-state index contributed by atoms with van der Waals surface area (Å²) in [5, 5.41) is 7.04. The topological polar surface area (TPSA) is 70.5 Å². The molecule has 3 aliphatic rings. The van der Waals surface area contributed by atoms with E-state index < -0.39 is 17.7 Å². The molecule has 0 radical (unpaired) electrons. The minimum atomic E-state index is -0.995. The predicted octanol–water partition coefficient (Wildman–Crippen LogP) is 2.98. The van der Waals surface area contributed by atoms with E-state index in [-0.39, 0.29) is 42.2 Å². The van der Waals surface area contributed by atoms with Gasteiger partial charge in [-0.15, -0.1) is 0 Å². The van der Waals surface area contributed by atoms with Crippen molar-refractivity contribution < 1.29 is 18.4 Å². The summed E-state index contributed by atoms with van der Waals surface area (Å²) in [6.45, 7) is 4.29. The first kappa shape index (κ1) is 19.7. The molecule has 0 unspecified atom stereocenters. The summed E-state index contributed by atoms with van der Waals surface area (Å²) >= 11 is 0. The van der Waals surface area contributed by atoms with Crippen molar-refractivity contribution in [2.75, 3.05) is 18.4 Å². The van der Waals surface area contributed by atoms with Crippen molar-refractivity contribution in [1.29, 1.82) is 0 Å². The summed E-state index contributed by atoms with van der Waals surface area (Å²) < 4.78 is 29.6. The average Bonchev–Trinajstić information content (AvgIpc) is 3.39. The molecule has 3 amide bonds. The van der Waals surface area contributed by atoms with Crippen molar-refractivity contribution in [3.63, 3.8) is 0 Å². The minimum absolute atomic E-state index is 0.0270. The van der Waals surface area contributed by atoms with Crippen LogP contribution in [0.3, 0.4) is 0 Å². The smallest absolute Gasteiger partial charge is 0.322 e. The molecule has 7 nitrogen and oxygen atoms in total. The van der Waals surface area contributed by atoms with E-state index in [0.29, 0.717) is 6.54 Å². The number of aromatic nitrogens is 2. The number of carbonyl (C=O) groups excluding carboxylic acids is 2. The molecule has 1 aliphatic carbocycles. The van der Waals surface area contributed by atoms with Crippen molar-refractivity contribution in [1.82, 2.24) is 19.6 Å². The summed E-state index contributed by atoms with van der Waals surface area (Å²) in [4.78, 5) is 28.4. The van der Waals surface area contributed by atoms with E-state index in [1.54, 1.807) is 4.90 Å². The van der Waals surface area contributed by atoms with Crippen LogP contribution in [0.15, 0.2) is 18.2 Å². The van der Waals surface area contributed by atoms with Gasteiger partial charge in [-0.1, -0.05) is 6.08 Å². The first-order chi connectivity index (χ1) is 14.7. The molecule has 9 heteroatoms. The third-order valence-electron chi connectivity index (χ3n) is 6.67. The highest BCUT2D eigenvalue weighted by atomic mass is 19.2. The number of urea groups is 1. The lowest BCUT2D eigenvalue weighted by Gasteiger charge is -2.32. The van der Waals surface area contributed by atoms with Gasteiger partial charge in [-0.3, -0.25) is 9.48 Å². The number of hydrogen-bond donors (Lipinski definition) is 1. The van der Waals surface area contributed by atoms with Gasteiger partial charge < -0.3 is 15.1 Å². The summed E-state index contributed by atoms with van der Waals surface area (Å²) in [5.41, 5.74) is 4.77. The highest BCUT2D eigenvalue weighted by Gasteiger charge is 2.43. The lowest BCUT2D eigenvalue weighted by molar-refractivity contribution is -0.132. The maximum absolute atomic E-state index is 14.2. The number of anilines is 1. The van der Waals surface area contributed by atoms with Crippen molar-refractivity contribution >= 4 is 23.2 Å².